The lowest BCUT2D eigenvalue weighted by Gasteiger charge is -2.03. The molecular formula is C10H9NO4. The van der Waals surface area contributed by atoms with Gasteiger partial charge in [-0.3, -0.25) is 0 Å². The molecule has 0 spiro atoms. The molecule has 0 N–H and O–H groups in total. The van der Waals surface area contributed by atoms with Crippen molar-refractivity contribution in [2.45, 2.75) is 6.29 Å². The number of hydrogen-bond donors (Lipinski definition) is 0. The van der Waals surface area contributed by atoms with E-state index in [0.717, 1.165) is 0 Å². The van der Waals surface area contributed by atoms with Gasteiger partial charge < -0.3 is 18.3 Å². The highest BCUT2D eigenvalue weighted by molar-refractivity contribution is 5.48. The van der Waals surface area contributed by atoms with E-state index in [-0.39, 0.29) is 6.29 Å². The van der Waals surface area contributed by atoms with Crippen LogP contribution >= 0.6 is 0 Å². The molecule has 0 bridgehead atoms. The number of furan rings is 1. The van der Waals surface area contributed by atoms with Gasteiger partial charge in [0, 0.05) is 0 Å². The number of oxazole rings is 1. The number of ether oxygens (including phenoxy) is 2. The minimum absolute atomic E-state index is 0.387. The van der Waals surface area contributed by atoms with Crippen molar-refractivity contribution in [3.63, 3.8) is 0 Å². The third-order valence-corrected chi connectivity index (χ3v) is 2.16. The molecule has 0 atom stereocenters. The van der Waals surface area contributed by atoms with Crippen LogP contribution in [0.2, 0.25) is 0 Å². The van der Waals surface area contributed by atoms with Crippen molar-refractivity contribution in [3.05, 3.63) is 30.5 Å². The maximum atomic E-state index is 5.53. The molecule has 1 aliphatic rings. The van der Waals surface area contributed by atoms with Gasteiger partial charge in [0.05, 0.1) is 19.4 Å². The standard InChI is InChI=1S/C10H9NO4/c1-2-8(10-12-3-4-13-10)15-7(1)9-5-11-6-14-9/h1-2,5-6,10H,3-4H2. The molecule has 0 aliphatic carbocycles. The second kappa shape index (κ2) is 3.52. The predicted octanol–water partition coefficient (Wildman–Crippen LogP) is 1.98. The molecule has 0 saturated carbocycles. The molecule has 1 aliphatic heterocycles. The average Bonchev–Trinajstić information content (AvgIpc) is 3.02. The number of rotatable bonds is 2. The van der Waals surface area contributed by atoms with Gasteiger partial charge in [0.15, 0.2) is 23.7 Å². The van der Waals surface area contributed by atoms with E-state index in [1.807, 2.05) is 6.07 Å². The van der Waals surface area contributed by atoms with E-state index in [9.17, 15) is 0 Å². The summed E-state index contributed by atoms with van der Waals surface area (Å²) in [5, 5.41) is 0. The largest absolute Gasteiger partial charge is 0.452 e. The Morgan fingerprint density at radius 3 is 2.73 bits per heavy atom. The lowest BCUT2D eigenvalue weighted by molar-refractivity contribution is -0.0585. The second-order valence-electron chi connectivity index (χ2n) is 3.14. The van der Waals surface area contributed by atoms with Crippen molar-refractivity contribution in [1.82, 2.24) is 4.98 Å². The van der Waals surface area contributed by atoms with E-state index in [1.165, 1.54) is 6.39 Å². The first-order chi connectivity index (χ1) is 7.43. The fraction of sp³-hybridized carbons (Fsp3) is 0.300. The molecule has 1 fully saturated rings. The van der Waals surface area contributed by atoms with Crippen LogP contribution in [0.4, 0.5) is 0 Å². The van der Waals surface area contributed by atoms with E-state index in [2.05, 4.69) is 4.98 Å². The SMILES string of the molecule is c1ncc(-c2ccc(C3OCCO3)o2)o1. The summed E-state index contributed by atoms with van der Waals surface area (Å²) < 4.78 is 21.3. The van der Waals surface area contributed by atoms with Crippen LogP contribution in [0.3, 0.4) is 0 Å². The van der Waals surface area contributed by atoms with Crippen LogP contribution in [-0.2, 0) is 9.47 Å². The van der Waals surface area contributed by atoms with Crippen LogP contribution in [0.15, 0.2) is 33.6 Å². The lowest BCUT2D eigenvalue weighted by atomic mass is 10.4. The Kier molecular flexibility index (Phi) is 2.04. The van der Waals surface area contributed by atoms with Gasteiger partial charge >= 0.3 is 0 Å². The summed E-state index contributed by atoms with van der Waals surface area (Å²) in [4.78, 5) is 3.82. The van der Waals surface area contributed by atoms with Crippen LogP contribution < -0.4 is 0 Å². The van der Waals surface area contributed by atoms with Crippen LogP contribution in [0.1, 0.15) is 12.1 Å². The van der Waals surface area contributed by atoms with E-state index >= 15 is 0 Å². The first-order valence-electron chi connectivity index (χ1n) is 4.65. The Labute approximate surface area is 85.6 Å². The van der Waals surface area contributed by atoms with Gasteiger partial charge in [0.2, 0.25) is 6.29 Å². The van der Waals surface area contributed by atoms with E-state index in [4.69, 9.17) is 18.3 Å². The average molecular weight is 207 g/mol. The molecule has 0 radical (unpaired) electrons. The zero-order chi connectivity index (χ0) is 10.1. The van der Waals surface area contributed by atoms with Gasteiger partial charge in [-0.05, 0) is 12.1 Å². The third-order valence-electron chi connectivity index (χ3n) is 2.16. The van der Waals surface area contributed by atoms with Crippen molar-refractivity contribution in [2.24, 2.45) is 0 Å². The fourth-order valence-electron chi connectivity index (χ4n) is 1.47. The minimum atomic E-state index is -0.387. The van der Waals surface area contributed by atoms with Crippen LogP contribution in [-0.4, -0.2) is 18.2 Å². The van der Waals surface area contributed by atoms with E-state index in [1.54, 1.807) is 12.3 Å². The highest BCUT2D eigenvalue weighted by Crippen LogP contribution is 2.29. The molecule has 0 amide bonds. The monoisotopic (exact) mass is 207 g/mol. The van der Waals surface area contributed by atoms with Gasteiger partial charge in [0.1, 0.15) is 0 Å². The first kappa shape index (κ1) is 8.70. The molecule has 3 heterocycles. The van der Waals surface area contributed by atoms with Crippen LogP contribution in [0.25, 0.3) is 11.5 Å². The van der Waals surface area contributed by atoms with Crippen molar-refractivity contribution in [2.75, 3.05) is 13.2 Å². The van der Waals surface area contributed by atoms with Crippen molar-refractivity contribution < 1.29 is 18.3 Å². The third kappa shape index (κ3) is 1.55. The van der Waals surface area contributed by atoms with Crippen molar-refractivity contribution >= 4 is 0 Å². The molecule has 78 valence electrons. The van der Waals surface area contributed by atoms with Crippen molar-refractivity contribution in [3.8, 4) is 11.5 Å². The molecular weight excluding hydrogens is 198 g/mol. The second-order valence-corrected chi connectivity index (χ2v) is 3.14. The van der Waals surface area contributed by atoms with Crippen LogP contribution in [0, 0.1) is 0 Å². The van der Waals surface area contributed by atoms with Gasteiger partial charge in [-0.1, -0.05) is 0 Å². The van der Waals surface area contributed by atoms with E-state index in [0.29, 0.717) is 30.5 Å². The molecule has 2 aromatic heterocycles. The lowest BCUT2D eigenvalue weighted by Crippen LogP contribution is -1.94. The summed E-state index contributed by atoms with van der Waals surface area (Å²) in [6.45, 7) is 1.20. The number of nitrogens with zero attached hydrogens (tertiary/aromatic N) is 1. The molecule has 3 rings (SSSR count). The van der Waals surface area contributed by atoms with Gasteiger partial charge in [0.25, 0.3) is 0 Å². The zero-order valence-electron chi connectivity index (χ0n) is 7.88. The Morgan fingerprint density at radius 1 is 1.13 bits per heavy atom. The van der Waals surface area contributed by atoms with Gasteiger partial charge in [-0.15, -0.1) is 0 Å². The summed E-state index contributed by atoms with van der Waals surface area (Å²) in [5.41, 5.74) is 0. The molecule has 2 aromatic rings. The minimum Gasteiger partial charge on any atom is -0.452 e. The summed E-state index contributed by atoms with van der Waals surface area (Å²) in [6.07, 6.45) is 2.57. The maximum absolute atomic E-state index is 5.53. The fourth-order valence-corrected chi connectivity index (χ4v) is 1.47. The molecule has 5 heteroatoms. The molecule has 0 unspecified atom stereocenters. The highest BCUT2D eigenvalue weighted by atomic mass is 16.7. The Bertz CT molecular complexity index is 428. The molecule has 0 aromatic carbocycles. The quantitative estimate of drug-likeness (QED) is 0.753. The molecule has 15 heavy (non-hydrogen) atoms. The molecule has 1 saturated heterocycles. The number of aromatic nitrogens is 1. The predicted molar refractivity (Wildman–Crippen MR) is 48.9 cm³/mol. The maximum Gasteiger partial charge on any atom is 0.217 e. The molecule has 5 nitrogen and oxygen atoms in total. The van der Waals surface area contributed by atoms with Gasteiger partial charge in [-0.2, -0.15) is 0 Å². The summed E-state index contributed by atoms with van der Waals surface area (Å²) in [5.74, 6) is 1.87. The first-order valence-corrected chi connectivity index (χ1v) is 4.65. The highest BCUT2D eigenvalue weighted by Gasteiger charge is 2.22. The van der Waals surface area contributed by atoms with Crippen molar-refractivity contribution in [1.29, 1.82) is 0 Å². The normalized spacial score (nSPS) is 17.3. The summed E-state index contributed by atoms with van der Waals surface area (Å²) in [7, 11) is 0. The Balaban J connectivity index is 1.87. The van der Waals surface area contributed by atoms with Crippen LogP contribution in [0.5, 0.6) is 0 Å². The zero-order valence-corrected chi connectivity index (χ0v) is 7.88. The number of hydrogen-bond acceptors (Lipinski definition) is 5. The Hall–Kier alpha value is -1.59. The summed E-state index contributed by atoms with van der Waals surface area (Å²) in [6, 6.07) is 3.62. The topological polar surface area (TPSA) is 57.6 Å². The van der Waals surface area contributed by atoms with E-state index < -0.39 is 0 Å². The summed E-state index contributed by atoms with van der Waals surface area (Å²) >= 11 is 0. The smallest absolute Gasteiger partial charge is 0.217 e. The Morgan fingerprint density at radius 2 is 2.00 bits per heavy atom. The van der Waals surface area contributed by atoms with Gasteiger partial charge in [-0.25, -0.2) is 4.98 Å².